The molecule has 1 aliphatic rings. The average molecular weight is 400 g/mol. The first kappa shape index (κ1) is 18.6. The van der Waals surface area contributed by atoms with E-state index in [9.17, 15) is 0 Å². The second-order valence-electron chi connectivity index (χ2n) is 7.54. The fourth-order valence-corrected chi connectivity index (χ4v) is 4.13. The highest BCUT2D eigenvalue weighted by molar-refractivity contribution is 5.61. The summed E-state index contributed by atoms with van der Waals surface area (Å²) in [6.45, 7) is 2.84. The van der Waals surface area contributed by atoms with Crippen LogP contribution in [0.2, 0.25) is 0 Å². The van der Waals surface area contributed by atoms with Crippen LogP contribution in [0.25, 0.3) is 17.0 Å². The molecule has 1 aromatic carbocycles. The average Bonchev–Trinajstić information content (AvgIpc) is 3.45. The summed E-state index contributed by atoms with van der Waals surface area (Å²) in [5.74, 6) is 2.55. The van der Waals surface area contributed by atoms with Gasteiger partial charge >= 0.3 is 0 Å². The van der Waals surface area contributed by atoms with Crippen LogP contribution in [0.3, 0.4) is 0 Å². The van der Waals surface area contributed by atoms with Gasteiger partial charge in [0.15, 0.2) is 0 Å². The highest BCUT2D eigenvalue weighted by Crippen LogP contribution is 2.28. The van der Waals surface area contributed by atoms with Crippen molar-refractivity contribution in [2.75, 3.05) is 32.1 Å². The Hall–Kier alpha value is -3.45. The van der Waals surface area contributed by atoms with Gasteiger partial charge < -0.3 is 15.4 Å². The molecule has 0 unspecified atom stereocenters. The van der Waals surface area contributed by atoms with E-state index in [-0.39, 0.29) is 0 Å². The third kappa shape index (κ3) is 3.59. The molecule has 0 aliphatic carbocycles. The van der Waals surface area contributed by atoms with Crippen molar-refractivity contribution in [3.8, 4) is 17.1 Å². The van der Waals surface area contributed by atoms with Crippen LogP contribution in [-0.2, 0) is 0 Å². The number of methoxy groups -OCH3 is 1. The molecule has 30 heavy (non-hydrogen) atoms. The normalized spacial score (nSPS) is 18.6. The smallest absolute Gasteiger partial charge is 0.145 e. The first-order chi connectivity index (χ1) is 14.8. The van der Waals surface area contributed by atoms with Crippen molar-refractivity contribution in [3.05, 3.63) is 72.8 Å². The Morgan fingerprint density at radius 1 is 1.13 bits per heavy atom. The fourth-order valence-electron chi connectivity index (χ4n) is 4.13. The molecule has 3 aromatic heterocycles. The lowest BCUT2D eigenvalue weighted by Gasteiger charge is -2.19. The predicted octanol–water partition coefficient (Wildman–Crippen LogP) is 3.22. The minimum absolute atomic E-state index is 0.501. The van der Waals surface area contributed by atoms with E-state index in [0.29, 0.717) is 11.8 Å². The standard InChI is InChI=1S/C23H24N6O/c1-30-18-7-8-29-21(14-27-23(29)9-18)20-13-25-15-22(28-20)26-11-17-10-24-12-19(17)16-5-3-2-4-6-16/h2-9,13-15,17,19,24H,10-12H2,1H3,(H,26,28)/t17-,19+/m1/s1. The zero-order chi connectivity index (χ0) is 20.3. The van der Waals surface area contributed by atoms with Crippen molar-refractivity contribution in [1.29, 1.82) is 0 Å². The van der Waals surface area contributed by atoms with Gasteiger partial charge in [0.05, 0.1) is 31.4 Å². The molecule has 2 N–H and O–H groups in total. The Morgan fingerprint density at radius 2 is 2.03 bits per heavy atom. The number of imidazole rings is 1. The van der Waals surface area contributed by atoms with Crippen LogP contribution in [0.4, 0.5) is 5.82 Å². The summed E-state index contributed by atoms with van der Waals surface area (Å²) in [5.41, 5.74) is 3.87. The SMILES string of the molecule is COc1ccn2c(-c3cncc(NC[C@H]4CNC[C@H]4c4ccccc4)n3)cnc2c1. The van der Waals surface area contributed by atoms with Crippen molar-refractivity contribution < 1.29 is 4.74 Å². The highest BCUT2D eigenvalue weighted by atomic mass is 16.5. The van der Waals surface area contributed by atoms with Crippen LogP contribution in [-0.4, -0.2) is 46.1 Å². The lowest BCUT2D eigenvalue weighted by atomic mass is 9.89. The molecule has 1 fully saturated rings. The Balaban J connectivity index is 1.33. The molecule has 0 bridgehead atoms. The van der Waals surface area contributed by atoms with Gasteiger partial charge in [-0.25, -0.2) is 9.97 Å². The maximum atomic E-state index is 5.28. The van der Waals surface area contributed by atoms with Crippen LogP contribution >= 0.6 is 0 Å². The van der Waals surface area contributed by atoms with Crippen molar-refractivity contribution in [3.63, 3.8) is 0 Å². The number of ether oxygens (including phenoxy) is 1. The zero-order valence-electron chi connectivity index (χ0n) is 16.8. The van der Waals surface area contributed by atoms with Crippen molar-refractivity contribution >= 4 is 11.5 Å². The van der Waals surface area contributed by atoms with Crippen LogP contribution in [0.15, 0.2) is 67.3 Å². The van der Waals surface area contributed by atoms with E-state index in [4.69, 9.17) is 9.72 Å². The maximum Gasteiger partial charge on any atom is 0.145 e. The van der Waals surface area contributed by atoms with E-state index >= 15 is 0 Å². The van der Waals surface area contributed by atoms with Crippen molar-refractivity contribution in [2.45, 2.75) is 5.92 Å². The quantitative estimate of drug-likeness (QED) is 0.518. The van der Waals surface area contributed by atoms with E-state index in [0.717, 1.165) is 48.2 Å². The number of benzene rings is 1. The summed E-state index contributed by atoms with van der Waals surface area (Å²) < 4.78 is 7.27. The lowest BCUT2D eigenvalue weighted by molar-refractivity contribution is 0.414. The summed E-state index contributed by atoms with van der Waals surface area (Å²) in [5, 5.41) is 7.01. The summed E-state index contributed by atoms with van der Waals surface area (Å²) in [4.78, 5) is 13.7. The van der Waals surface area contributed by atoms with E-state index in [1.54, 1.807) is 19.5 Å². The summed E-state index contributed by atoms with van der Waals surface area (Å²) in [7, 11) is 1.65. The van der Waals surface area contributed by atoms with Gasteiger partial charge in [-0.05, 0) is 17.5 Å². The number of anilines is 1. The van der Waals surface area contributed by atoms with Crippen LogP contribution < -0.4 is 15.4 Å². The summed E-state index contributed by atoms with van der Waals surface area (Å²) in [6.07, 6.45) is 7.29. The van der Waals surface area contributed by atoms with Gasteiger partial charge in [-0.15, -0.1) is 0 Å². The first-order valence-electron chi connectivity index (χ1n) is 10.1. The Kier molecular flexibility index (Phi) is 5.03. The van der Waals surface area contributed by atoms with Gasteiger partial charge in [0.25, 0.3) is 0 Å². The van der Waals surface area contributed by atoms with Gasteiger partial charge in [-0.3, -0.25) is 9.38 Å². The molecule has 152 valence electrons. The molecular weight excluding hydrogens is 376 g/mol. The number of pyridine rings is 1. The summed E-state index contributed by atoms with van der Waals surface area (Å²) >= 11 is 0. The number of hydrogen-bond acceptors (Lipinski definition) is 6. The molecule has 7 nitrogen and oxygen atoms in total. The largest absolute Gasteiger partial charge is 0.497 e. The van der Waals surface area contributed by atoms with Gasteiger partial charge in [0.2, 0.25) is 0 Å². The number of rotatable bonds is 6. The van der Waals surface area contributed by atoms with Gasteiger partial charge in [-0.2, -0.15) is 0 Å². The lowest BCUT2D eigenvalue weighted by Crippen LogP contribution is -2.21. The van der Waals surface area contributed by atoms with Crippen LogP contribution in [0.5, 0.6) is 5.75 Å². The molecule has 0 spiro atoms. The van der Waals surface area contributed by atoms with E-state index in [1.165, 1.54) is 5.56 Å². The fraction of sp³-hybridized carbons (Fsp3) is 0.261. The zero-order valence-corrected chi connectivity index (χ0v) is 16.8. The van der Waals surface area contributed by atoms with Gasteiger partial charge in [0.1, 0.15) is 22.9 Å². The predicted molar refractivity (Wildman–Crippen MR) is 117 cm³/mol. The van der Waals surface area contributed by atoms with E-state index in [1.807, 2.05) is 28.9 Å². The van der Waals surface area contributed by atoms with Crippen LogP contribution in [0, 0.1) is 5.92 Å². The molecule has 0 amide bonds. The molecule has 2 atom stereocenters. The molecule has 4 aromatic rings. The summed E-state index contributed by atoms with van der Waals surface area (Å²) in [6, 6.07) is 14.5. The number of hydrogen-bond donors (Lipinski definition) is 2. The number of fused-ring (bicyclic) bond motifs is 1. The molecule has 7 heteroatoms. The Bertz CT molecular complexity index is 1140. The monoisotopic (exact) mass is 400 g/mol. The van der Waals surface area contributed by atoms with Gasteiger partial charge in [0, 0.05) is 37.8 Å². The maximum absolute atomic E-state index is 5.28. The molecule has 0 saturated carbocycles. The van der Waals surface area contributed by atoms with Crippen molar-refractivity contribution in [2.24, 2.45) is 5.92 Å². The minimum atomic E-state index is 0.501. The van der Waals surface area contributed by atoms with E-state index < -0.39 is 0 Å². The minimum Gasteiger partial charge on any atom is -0.497 e. The van der Waals surface area contributed by atoms with Crippen molar-refractivity contribution in [1.82, 2.24) is 24.7 Å². The molecule has 1 saturated heterocycles. The number of nitrogens with one attached hydrogen (secondary N) is 2. The third-order valence-electron chi connectivity index (χ3n) is 5.73. The highest BCUT2D eigenvalue weighted by Gasteiger charge is 2.28. The number of nitrogens with zero attached hydrogens (tertiary/aromatic N) is 4. The molecular formula is C23H24N6O. The molecule has 4 heterocycles. The molecule has 5 rings (SSSR count). The third-order valence-corrected chi connectivity index (χ3v) is 5.73. The van der Waals surface area contributed by atoms with E-state index in [2.05, 4.69) is 50.9 Å². The second-order valence-corrected chi connectivity index (χ2v) is 7.54. The topological polar surface area (TPSA) is 76.4 Å². The Labute approximate surface area is 175 Å². The van der Waals surface area contributed by atoms with Crippen LogP contribution in [0.1, 0.15) is 11.5 Å². The molecule has 0 radical (unpaired) electrons. The van der Waals surface area contributed by atoms with Gasteiger partial charge in [-0.1, -0.05) is 30.3 Å². The Morgan fingerprint density at radius 3 is 2.90 bits per heavy atom. The first-order valence-corrected chi connectivity index (χ1v) is 10.1. The molecule has 1 aliphatic heterocycles. The number of aromatic nitrogens is 4. The second kappa shape index (κ2) is 8.12.